The molecule has 0 radical (unpaired) electrons. The van der Waals surface area contributed by atoms with E-state index in [1.165, 1.54) is 5.56 Å². The molecule has 0 saturated heterocycles. The van der Waals surface area contributed by atoms with Crippen molar-refractivity contribution in [2.45, 2.75) is 5.92 Å². The summed E-state index contributed by atoms with van der Waals surface area (Å²) in [6.07, 6.45) is 3.57. The summed E-state index contributed by atoms with van der Waals surface area (Å²) in [6.45, 7) is 0.567. The molecule has 14 heavy (non-hydrogen) atoms. The van der Waals surface area contributed by atoms with Crippen LogP contribution in [-0.4, -0.2) is 16.5 Å². The summed E-state index contributed by atoms with van der Waals surface area (Å²) < 4.78 is 0. The Kier molecular flexibility index (Phi) is 2.60. The second-order valence-electron chi connectivity index (χ2n) is 3.17. The molecule has 0 fully saturated rings. The zero-order valence-corrected chi connectivity index (χ0v) is 7.85. The standard InChI is InChI=1S/C11H13N3/c12-8-10(11-13-6-7-14-11)9-4-2-1-3-5-9/h1-7,10H,8,12H2,(H,13,14). The van der Waals surface area contributed by atoms with Crippen LogP contribution in [0.25, 0.3) is 0 Å². The predicted molar refractivity (Wildman–Crippen MR) is 55.9 cm³/mol. The van der Waals surface area contributed by atoms with Crippen LogP contribution in [0.2, 0.25) is 0 Å². The number of rotatable bonds is 3. The molecule has 0 spiro atoms. The minimum Gasteiger partial charge on any atom is -0.348 e. The summed E-state index contributed by atoms with van der Waals surface area (Å²) in [5, 5.41) is 0. The Morgan fingerprint density at radius 1 is 1.29 bits per heavy atom. The van der Waals surface area contributed by atoms with Gasteiger partial charge in [0.15, 0.2) is 0 Å². The third-order valence-corrected chi connectivity index (χ3v) is 2.29. The number of aromatic nitrogens is 2. The molecule has 0 aliphatic carbocycles. The normalized spacial score (nSPS) is 12.6. The monoisotopic (exact) mass is 187 g/mol. The number of nitrogens with two attached hydrogens (primary N) is 1. The van der Waals surface area contributed by atoms with E-state index in [1.807, 2.05) is 24.4 Å². The third kappa shape index (κ3) is 1.67. The molecule has 0 amide bonds. The average Bonchev–Trinajstić information content (AvgIpc) is 2.74. The summed E-state index contributed by atoms with van der Waals surface area (Å²) in [4.78, 5) is 7.32. The molecular weight excluding hydrogens is 174 g/mol. The largest absolute Gasteiger partial charge is 0.348 e. The number of H-pyrrole nitrogens is 1. The minimum absolute atomic E-state index is 0.172. The number of imidazole rings is 1. The van der Waals surface area contributed by atoms with Gasteiger partial charge in [-0.3, -0.25) is 0 Å². The third-order valence-electron chi connectivity index (χ3n) is 2.29. The summed E-state index contributed by atoms with van der Waals surface area (Å²) >= 11 is 0. The summed E-state index contributed by atoms with van der Waals surface area (Å²) in [5.41, 5.74) is 6.94. The van der Waals surface area contributed by atoms with Crippen molar-refractivity contribution in [2.24, 2.45) is 5.73 Å². The fourth-order valence-electron chi connectivity index (χ4n) is 1.56. The second kappa shape index (κ2) is 4.07. The van der Waals surface area contributed by atoms with E-state index in [0.717, 1.165) is 5.82 Å². The van der Waals surface area contributed by atoms with Crippen molar-refractivity contribution < 1.29 is 0 Å². The van der Waals surface area contributed by atoms with Gasteiger partial charge in [0.2, 0.25) is 0 Å². The van der Waals surface area contributed by atoms with Gasteiger partial charge in [-0.25, -0.2) is 4.98 Å². The lowest BCUT2D eigenvalue weighted by atomic mass is 9.99. The first-order valence-electron chi connectivity index (χ1n) is 4.66. The summed E-state index contributed by atoms with van der Waals surface area (Å²) in [7, 11) is 0. The van der Waals surface area contributed by atoms with Gasteiger partial charge < -0.3 is 10.7 Å². The number of aromatic amines is 1. The Bertz CT molecular complexity index is 367. The highest BCUT2D eigenvalue weighted by molar-refractivity contribution is 5.25. The van der Waals surface area contributed by atoms with Gasteiger partial charge in [-0.2, -0.15) is 0 Å². The lowest BCUT2D eigenvalue weighted by Crippen LogP contribution is -2.15. The van der Waals surface area contributed by atoms with Gasteiger partial charge >= 0.3 is 0 Å². The van der Waals surface area contributed by atoms with E-state index < -0.39 is 0 Å². The van der Waals surface area contributed by atoms with Crippen LogP contribution in [0.1, 0.15) is 17.3 Å². The molecule has 0 bridgehead atoms. The van der Waals surface area contributed by atoms with Crippen molar-refractivity contribution in [3.63, 3.8) is 0 Å². The van der Waals surface area contributed by atoms with Crippen molar-refractivity contribution in [3.05, 3.63) is 54.1 Å². The van der Waals surface area contributed by atoms with Crippen LogP contribution in [0.4, 0.5) is 0 Å². The maximum atomic E-state index is 5.74. The van der Waals surface area contributed by atoms with Crippen LogP contribution >= 0.6 is 0 Å². The Hall–Kier alpha value is -1.61. The maximum Gasteiger partial charge on any atom is 0.114 e. The van der Waals surface area contributed by atoms with E-state index in [2.05, 4.69) is 22.1 Å². The first-order chi connectivity index (χ1) is 6.92. The number of hydrogen-bond donors (Lipinski definition) is 2. The van der Waals surface area contributed by atoms with E-state index in [0.29, 0.717) is 6.54 Å². The molecule has 1 atom stereocenters. The van der Waals surface area contributed by atoms with Gasteiger partial charge in [-0.05, 0) is 5.56 Å². The molecule has 1 heterocycles. The molecule has 3 nitrogen and oxygen atoms in total. The second-order valence-corrected chi connectivity index (χ2v) is 3.17. The minimum atomic E-state index is 0.172. The molecule has 1 aromatic carbocycles. The van der Waals surface area contributed by atoms with Crippen molar-refractivity contribution in [2.75, 3.05) is 6.54 Å². The Labute approximate surface area is 83.0 Å². The number of nitrogens with one attached hydrogen (secondary N) is 1. The average molecular weight is 187 g/mol. The molecule has 0 aliphatic heterocycles. The fourth-order valence-corrected chi connectivity index (χ4v) is 1.56. The quantitative estimate of drug-likeness (QED) is 0.765. The van der Waals surface area contributed by atoms with Crippen LogP contribution in [0.15, 0.2) is 42.7 Å². The highest BCUT2D eigenvalue weighted by Gasteiger charge is 2.13. The predicted octanol–water partition coefficient (Wildman–Crippen LogP) is 1.50. The van der Waals surface area contributed by atoms with E-state index in [4.69, 9.17) is 5.73 Å². The van der Waals surface area contributed by atoms with Crippen LogP contribution < -0.4 is 5.73 Å². The lowest BCUT2D eigenvalue weighted by Gasteiger charge is -2.11. The zero-order chi connectivity index (χ0) is 9.80. The van der Waals surface area contributed by atoms with E-state index in [9.17, 15) is 0 Å². The summed E-state index contributed by atoms with van der Waals surface area (Å²) in [6, 6.07) is 10.2. The van der Waals surface area contributed by atoms with Crippen LogP contribution in [0.5, 0.6) is 0 Å². The lowest BCUT2D eigenvalue weighted by molar-refractivity contribution is 0.765. The molecule has 1 unspecified atom stereocenters. The first-order valence-corrected chi connectivity index (χ1v) is 4.66. The molecule has 72 valence electrons. The topological polar surface area (TPSA) is 54.7 Å². The molecular formula is C11H13N3. The van der Waals surface area contributed by atoms with Crippen molar-refractivity contribution in [3.8, 4) is 0 Å². The maximum absolute atomic E-state index is 5.74. The van der Waals surface area contributed by atoms with Gasteiger partial charge in [0, 0.05) is 18.9 Å². The molecule has 1 aromatic heterocycles. The van der Waals surface area contributed by atoms with Crippen LogP contribution in [-0.2, 0) is 0 Å². The zero-order valence-electron chi connectivity index (χ0n) is 7.85. The smallest absolute Gasteiger partial charge is 0.114 e. The van der Waals surface area contributed by atoms with Crippen molar-refractivity contribution in [1.82, 2.24) is 9.97 Å². The van der Waals surface area contributed by atoms with Gasteiger partial charge in [0.1, 0.15) is 5.82 Å². The SMILES string of the molecule is NCC(c1ccccc1)c1ncc[nH]1. The fraction of sp³-hybridized carbons (Fsp3) is 0.182. The van der Waals surface area contributed by atoms with E-state index in [-0.39, 0.29) is 5.92 Å². The van der Waals surface area contributed by atoms with Gasteiger partial charge in [-0.1, -0.05) is 30.3 Å². The highest BCUT2D eigenvalue weighted by atomic mass is 14.9. The highest BCUT2D eigenvalue weighted by Crippen LogP contribution is 2.19. The molecule has 0 saturated carbocycles. The summed E-state index contributed by atoms with van der Waals surface area (Å²) in [5.74, 6) is 1.10. The molecule has 3 N–H and O–H groups in total. The Morgan fingerprint density at radius 3 is 2.64 bits per heavy atom. The van der Waals surface area contributed by atoms with Gasteiger partial charge in [0.25, 0.3) is 0 Å². The van der Waals surface area contributed by atoms with Crippen LogP contribution in [0.3, 0.4) is 0 Å². The van der Waals surface area contributed by atoms with E-state index >= 15 is 0 Å². The Morgan fingerprint density at radius 2 is 2.07 bits per heavy atom. The van der Waals surface area contributed by atoms with Gasteiger partial charge in [0.05, 0.1) is 5.92 Å². The molecule has 2 aromatic rings. The first kappa shape index (κ1) is 8.97. The molecule has 2 rings (SSSR count). The molecule has 3 heteroatoms. The number of hydrogen-bond acceptors (Lipinski definition) is 2. The van der Waals surface area contributed by atoms with Crippen molar-refractivity contribution in [1.29, 1.82) is 0 Å². The van der Waals surface area contributed by atoms with Crippen LogP contribution in [0, 0.1) is 0 Å². The Balaban J connectivity index is 2.31. The van der Waals surface area contributed by atoms with E-state index in [1.54, 1.807) is 6.20 Å². The molecule has 0 aliphatic rings. The number of benzene rings is 1. The number of nitrogens with zero attached hydrogens (tertiary/aromatic N) is 1. The van der Waals surface area contributed by atoms with Crippen molar-refractivity contribution >= 4 is 0 Å². The van der Waals surface area contributed by atoms with Gasteiger partial charge in [-0.15, -0.1) is 0 Å².